The summed E-state index contributed by atoms with van der Waals surface area (Å²) in [4.78, 5) is 0. The van der Waals surface area contributed by atoms with Gasteiger partial charge in [0.2, 0.25) is 0 Å². The lowest BCUT2D eigenvalue weighted by atomic mass is 9.85. The van der Waals surface area contributed by atoms with Crippen LogP contribution in [0.1, 0.15) is 39.5 Å². The molecular formula is C14H18. The molecular weight excluding hydrogens is 168 g/mol. The predicted octanol–water partition coefficient (Wildman–Crippen LogP) is 4.32. The van der Waals surface area contributed by atoms with Gasteiger partial charge >= 0.3 is 0 Å². The fourth-order valence-corrected chi connectivity index (χ4v) is 2.27. The molecule has 0 fully saturated rings. The summed E-state index contributed by atoms with van der Waals surface area (Å²) in [5.41, 5.74) is 6.16. The summed E-state index contributed by atoms with van der Waals surface area (Å²) in [6.45, 7) is 4.49. The van der Waals surface area contributed by atoms with E-state index in [-0.39, 0.29) is 0 Å². The van der Waals surface area contributed by atoms with E-state index in [0.717, 1.165) is 0 Å². The Morgan fingerprint density at radius 3 is 2.64 bits per heavy atom. The van der Waals surface area contributed by atoms with Crippen molar-refractivity contribution in [1.29, 1.82) is 0 Å². The van der Waals surface area contributed by atoms with Gasteiger partial charge in [-0.2, -0.15) is 0 Å². The Morgan fingerprint density at radius 2 is 1.93 bits per heavy atom. The highest BCUT2D eigenvalue weighted by Crippen LogP contribution is 2.32. The third-order valence-corrected chi connectivity index (χ3v) is 3.29. The van der Waals surface area contributed by atoms with Gasteiger partial charge in [-0.05, 0) is 56.3 Å². The zero-order valence-electron chi connectivity index (χ0n) is 9.14. The molecule has 0 saturated carbocycles. The summed E-state index contributed by atoms with van der Waals surface area (Å²) in [7, 11) is 0. The predicted molar refractivity (Wildman–Crippen MR) is 62.1 cm³/mol. The van der Waals surface area contributed by atoms with Gasteiger partial charge in [0.05, 0.1) is 0 Å². The highest BCUT2D eigenvalue weighted by atomic mass is 14.2. The first kappa shape index (κ1) is 9.51. The summed E-state index contributed by atoms with van der Waals surface area (Å²) in [5, 5.41) is 0. The lowest BCUT2D eigenvalue weighted by Crippen LogP contribution is -2.01. The molecule has 0 N–H and O–H groups in total. The molecule has 0 aromatic rings. The van der Waals surface area contributed by atoms with Crippen molar-refractivity contribution in [3.05, 3.63) is 46.6 Å². The Kier molecular flexibility index (Phi) is 2.72. The van der Waals surface area contributed by atoms with Gasteiger partial charge in [-0.15, -0.1) is 0 Å². The van der Waals surface area contributed by atoms with E-state index in [9.17, 15) is 0 Å². The average Bonchev–Trinajstić information content (AvgIpc) is 2.23. The van der Waals surface area contributed by atoms with Crippen LogP contribution in [0.2, 0.25) is 0 Å². The lowest BCUT2D eigenvalue weighted by Gasteiger charge is -2.20. The first-order valence-electron chi connectivity index (χ1n) is 5.52. The molecule has 2 aliphatic carbocycles. The maximum atomic E-state index is 2.36. The van der Waals surface area contributed by atoms with Crippen LogP contribution >= 0.6 is 0 Å². The van der Waals surface area contributed by atoms with Gasteiger partial charge in [-0.1, -0.05) is 29.9 Å². The van der Waals surface area contributed by atoms with E-state index in [1.807, 2.05) is 0 Å². The number of rotatable bonds is 1. The molecule has 0 radical (unpaired) electrons. The number of hydrogen-bond donors (Lipinski definition) is 0. The molecule has 0 nitrogen and oxygen atoms in total. The van der Waals surface area contributed by atoms with Crippen molar-refractivity contribution in [1.82, 2.24) is 0 Å². The fraction of sp³-hybridized carbons (Fsp3) is 0.429. The summed E-state index contributed by atoms with van der Waals surface area (Å²) in [6, 6.07) is 0. The van der Waals surface area contributed by atoms with Crippen LogP contribution in [0.25, 0.3) is 0 Å². The van der Waals surface area contributed by atoms with Crippen molar-refractivity contribution < 1.29 is 0 Å². The second-order valence-corrected chi connectivity index (χ2v) is 4.19. The van der Waals surface area contributed by atoms with Crippen LogP contribution in [0.5, 0.6) is 0 Å². The highest BCUT2D eigenvalue weighted by Gasteiger charge is 2.13. The molecule has 0 heterocycles. The van der Waals surface area contributed by atoms with Crippen molar-refractivity contribution >= 4 is 0 Å². The van der Waals surface area contributed by atoms with Crippen LogP contribution in [0, 0.1) is 0 Å². The largest absolute Gasteiger partial charge is 0.0842 e. The Balaban J connectivity index is 2.33. The van der Waals surface area contributed by atoms with Crippen LogP contribution in [-0.2, 0) is 0 Å². The maximum Gasteiger partial charge on any atom is -0.0238 e. The minimum Gasteiger partial charge on any atom is -0.0842 e. The van der Waals surface area contributed by atoms with Gasteiger partial charge in [-0.25, -0.2) is 0 Å². The van der Waals surface area contributed by atoms with Gasteiger partial charge in [0.25, 0.3) is 0 Å². The number of hydrogen-bond acceptors (Lipinski definition) is 0. The quantitative estimate of drug-likeness (QED) is 0.572. The topological polar surface area (TPSA) is 0 Å². The molecule has 14 heavy (non-hydrogen) atoms. The molecule has 0 aromatic heterocycles. The molecule has 0 aromatic carbocycles. The zero-order valence-corrected chi connectivity index (χ0v) is 9.14. The average molecular weight is 186 g/mol. The third kappa shape index (κ3) is 1.75. The maximum absolute atomic E-state index is 2.36. The van der Waals surface area contributed by atoms with Gasteiger partial charge in [0.15, 0.2) is 0 Å². The zero-order chi connectivity index (χ0) is 9.97. The molecule has 0 unspecified atom stereocenters. The van der Waals surface area contributed by atoms with Gasteiger partial charge < -0.3 is 0 Å². The minimum absolute atomic E-state index is 1.21. The fourth-order valence-electron chi connectivity index (χ4n) is 2.27. The van der Waals surface area contributed by atoms with E-state index in [2.05, 4.69) is 38.2 Å². The van der Waals surface area contributed by atoms with Crippen LogP contribution in [-0.4, -0.2) is 0 Å². The number of allylic oxidation sites excluding steroid dienone is 8. The smallest absolute Gasteiger partial charge is 0.0238 e. The molecule has 74 valence electrons. The summed E-state index contributed by atoms with van der Waals surface area (Å²) in [5.74, 6) is 0. The molecule has 0 bridgehead atoms. The normalized spacial score (nSPS) is 22.1. The molecule has 2 aliphatic rings. The van der Waals surface area contributed by atoms with Crippen molar-refractivity contribution in [3.63, 3.8) is 0 Å². The monoisotopic (exact) mass is 186 g/mol. The molecule has 0 heteroatoms. The minimum atomic E-state index is 1.21. The SMILES string of the molecule is CC1=CCCC(C2=CC=CCC2)=C1C. The van der Waals surface area contributed by atoms with Crippen LogP contribution < -0.4 is 0 Å². The van der Waals surface area contributed by atoms with E-state index in [1.54, 1.807) is 11.1 Å². The van der Waals surface area contributed by atoms with Gasteiger partial charge in [0.1, 0.15) is 0 Å². The van der Waals surface area contributed by atoms with E-state index >= 15 is 0 Å². The second kappa shape index (κ2) is 4.00. The van der Waals surface area contributed by atoms with Crippen molar-refractivity contribution in [2.45, 2.75) is 39.5 Å². The first-order valence-corrected chi connectivity index (χ1v) is 5.52. The summed E-state index contributed by atoms with van der Waals surface area (Å²) in [6.07, 6.45) is 14.0. The Hall–Kier alpha value is -1.04. The molecule has 2 rings (SSSR count). The van der Waals surface area contributed by atoms with Crippen molar-refractivity contribution in [3.8, 4) is 0 Å². The molecule has 0 spiro atoms. The third-order valence-electron chi connectivity index (χ3n) is 3.29. The Morgan fingerprint density at radius 1 is 1.07 bits per heavy atom. The summed E-state index contributed by atoms with van der Waals surface area (Å²) >= 11 is 0. The Bertz CT molecular complexity index is 348. The first-order chi connectivity index (χ1) is 6.79. The van der Waals surface area contributed by atoms with Gasteiger partial charge in [0, 0.05) is 0 Å². The van der Waals surface area contributed by atoms with Crippen molar-refractivity contribution in [2.24, 2.45) is 0 Å². The molecule has 0 amide bonds. The van der Waals surface area contributed by atoms with Crippen LogP contribution in [0.4, 0.5) is 0 Å². The molecule has 0 saturated heterocycles. The van der Waals surface area contributed by atoms with E-state index in [0.29, 0.717) is 0 Å². The van der Waals surface area contributed by atoms with E-state index < -0.39 is 0 Å². The van der Waals surface area contributed by atoms with E-state index in [1.165, 1.54) is 36.8 Å². The summed E-state index contributed by atoms with van der Waals surface area (Å²) < 4.78 is 0. The van der Waals surface area contributed by atoms with Crippen molar-refractivity contribution in [2.75, 3.05) is 0 Å². The van der Waals surface area contributed by atoms with E-state index in [4.69, 9.17) is 0 Å². The van der Waals surface area contributed by atoms with Gasteiger partial charge in [-0.3, -0.25) is 0 Å². The standard InChI is InChI=1S/C14H18/c1-11-7-6-10-14(12(11)2)13-8-4-3-5-9-13/h3-4,7-8H,5-6,9-10H2,1-2H3. The molecule has 0 atom stereocenters. The van der Waals surface area contributed by atoms with Crippen LogP contribution in [0.15, 0.2) is 46.6 Å². The highest BCUT2D eigenvalue weighted by molar-refractivity contribution is 5.47. The lowest BCUT2D eigenvalue weighted by molar-refractivity contribution is 0.873. The Labute approximate surface area is 86.7 Å². The second-order valence-electron chi connectivity index (χ2n) is 4.19. The van der Waals surface area contributed by atoms with Crippen LogP contribution in [0.3, 0.4) is 0 Å². The molecule has 0 aliphatic heterocycles.